The molecule has 4 aromatic carbocycles. The molecule has 2 N–H and O–H groups in total. The molecule has 1 amide bonds. The van der Waals surface area contributed by atoms with Gasteiger partial charge in [0, 0.05) is 17.7 Å². The van der Waals surface area contributed by atoms with Gasteiger partial charge < -0.3 is 15.2 Å². The largest absolute Gasteiger partial charge is 0.489 e. The zero-order valence-corrected chi connectivity index (χ0v) is 21.6. The van der Waals surface area contributed by atoms with Gasteiger partial charge in [0.25, 0.3) is 0 Å². The van der Waals surface area contributed by atoms with Crippen LogP contribution in [0.1, 0.15) is 59.7 Å². The Morgan fingerprint density at radius 2 is 1.68 bits per heavy atom. The predicted molar refractivity (Wildman–Crippen MR) is 149 cm³/mol. The van der Waals surface area contributed by atoms with Crippen LogP contribution in [-0.4, -0.2) is 22.8 Å². The summed E-state index contributed by atoms with van der Waals surface area (Å²) in [6, 6.07) is 26.7. The Balaban J connectivity index is 1.55. The Hall–Kier alpha value is -4.45. The van der Waals surface area contributed by atoms with Gasteiger partial charge in [0.2, 0.25) is 5.91 Å². The van der Waals surface area contributed by atoms with E-state index in [2.05, 4.69) is 5.32 Å². The molecule has 1 unspecified atom stereocenters. The smallest absolute Gasteiger partial charge is 0.303 e. The molecule has 0 aromatic heterocycles. The number of aryl methyl sites for hydroxylation is 1. The highest BCUT2D eigenvalue weighted by Crippen LogP contribution is 2.28. The van der Waals surface area contributed by atoms with Gasteiger partial charge >= 0.3 is 5.97 Å². The number of hydrogen-bond acceptors (Lipinski definition) is 4. The van der Waals surface area contributed by atoms with E-state index in [1.165, 1.54) is 6.92 Å². The van der Waals surface area contributed by atoms with Gasteiger partial charge in [0.05, 0.1) is 5.92 Å². The fourth-order valence-electron chi connectivity index (χ4n) is 4.46. The highest BCUT2D eigenvalue weighted by molar-refractivity contribution is 5.99. The van der Waals surface area contributed by atoms with Crippen LogP contribution in [0.5, 0.6) is 5.75 Å². The highest BCUT2D eigenvalue weighted by Gasteiger charge is 2.19. The van der Waals surface area contributed by atoms with E-state index in [1.807, 2.05) is 67.6 Å². The van der Waals surface area contributed by atoms with Crippen molar-refractivity contribution in [1.82, 2.24) is 0 Å². The van der Waals surface area contributed by atoms with Crippen LogP contribution in [0.4, 0.5) is 5.69 Å². The quantitative estimate of drug-likeness (QED) is 0.218. The molecule has 0 aliphatic carbocycles. The lowest BCUT2D eigenvalue weighted by molar-refractivity contribution is -0.137. The number of rotatable bonds is 11. The van der Waals surface area contributed by atoms with Crippen LogP contribution in [0, 0.1) is 0 Å². The first kappa shape index (κ1) is 26.6. The fourth-order valence-corrected chi connectivity index (χ4v) is 4.46. The van der Waals surface area contributed by atoms with Crippen LogP contribution < -0.4 is 10.1 Å². The number of aliphatic carboxylic acids is 1. The number of nitrogens with one attached hydrogen (secondary N) is 1. The van der Waals surface area contributed by atoms with Crippen molar-refractivity contribution < 1.29 is 24.2 Å². The molecule has 6 heteroatoms. The van der Waals surface area contributed by atoms with Gasteiger partial charge in [0.15, 0.2) is 5.78 Å². The molecule has 0 bridgehead atoms. The van der Waals surface area contributed by atoms with E-state index in [4.69, 9.17) is 9.84 Å². The van der Waals surface area contributed by atoms with E-state index in [-0.39, 0.29) is 24.7 Å². The summed E-state index contributed by atoms with van der Waals surface area (Å²) in [7, 11) is 0. The number of carboxylic acid groups (broad SMARTS) is 1. The second kappa shape index (κ2) is 12.2. The Kier molecular flexibility index (Phi) is 8.54. The number of Topliss-reactive ketones (excluding diaryl/α,β-unsaturated/α-hetero) is 1. The van der Waals surface area contributed by atoms with Gasteiger partial charge in [-0.15, -0.1) is 0 Å². The van der Waals surface area contributed by atoms with Crippen LogP contribution in [-0.2, 0) is 22.6 Å². The normalized spacial score (nSPS) is 11.6. The number of carboxylic acids is 1. The van der Waals surface area contributed by atoms with Gasteiger partial charge in [-0.2, -0.15) is 0 Å². The summed E-state index contributed by atoms with van der Waals surface area (Å²) in [6.07, 6.45) is 1.04. The number of fused-ring (bicyclic) bond motifs is 1. The topological polar surface area (TPSA) is 92.7 Å². The van der Waals surface area contributed by atoms with Crippen molar-refractivity contribution in [3.8, 4) is 5.75 Å². The number of hydrogen-bond donors (Lipinski definition) is 2. The van der Waals surface area contributed by atoms with Crippen LogP contribution in [0.15, 0.2) is 84.9 Å². The van der Waals surface area contributed by atoms with Crippen LogP contribution >= 0.6 is 0 Å². The summed E-state index contributed by atoms with van der Waals surface area (Å²) in [4.78, 5) is 36.1. The molecule has 0 saturated carbocycles. The number of benzene rings is 4. The molecule has 0 fully saturated rings. The molecule has 0 aliphatic heterocycles. The summed E-state index contributed by atoms with van der Waals surface area (Å²) in [6.45, 7) is 3.64. The van der Waals surface area contributed by atoms with Crippen molar-refractivity contribution in [3.63, 3.8) is 0 Å². The van der Waals surface area contributed by atoms with Crippen LogP contribution in [0.3, 0.4) is 0 Å². The Morgan fingerprint density at radius 1 is 0.921 bits per heavy atom. The van der Waals surface area contributed by atoms with E-state index in [0.717, 1.165) is 27.5 Å². The summed E-state index contributed by atoms with van der Waals surface area (Å²) in [5.74, 6) is -0.849. The van der Waals surface area contributed by atoms with Crippen molar-refractivity contribution in [3.05, 3.63) is 107 Å². The summed E-state index contributed by atoms with van der Waals surface area (Å²) in [5.41, 5.74) is 3.87. The average Bonchev–Trinajstić information content (AvgIpc) is 2.92. The lowest BCUT2D eigenvalue weighted by atomic mass is 9.94. The zero-order chi connectivity index (χ0) is 27.1. The van der Waals surface area contributed by atoms with Gasteiger partial charge in [0.1, 0.15) is 12.4 Å². The molecular formula is C32H31NO5. The number of carbonyl (C=O) groups excluding carboxylic acids is 2. The van der Waals surface area contributed by atoms with Crippen molar-refractivity contribution in [2.45, 2.75) is 45.6 Å². The predicted octanol–water partition coefficient (Wildman–Crippen LogP) is 6.77. The molecule has 194 valence electrons. The van der Waals surface area contributed by atoms with Crippen LogP contribution in [0.2, 0.25) is 0 Å². The fraction of sp³-hybridized carbons (Fsp3) is 0.219. The van der Waals surface area contributed by atoms with Gasteiger partial charge in [-0.3, -0.25) is 14.4 Å². The third kappa shape index (κ3) is 6.65. The van der Waals surface area contributed by atoms with E-state index >= 15 is 0 Å². The zero-order valence-electron chi connectivity index (χ0n) is 21.6. The molecule has 1 atom stereocenters. The molecule has 38 heavy (non-hydrogen) atoms. The SMILES string of the molecule is CC(=O)c1cccc(OCc2ccc(CCCC(=O)O)c(NC(=O)C(C)c3cccc4ccccc34)c2)c1. The van der Waals surface area contributed by atoms with Crippen molar-refractivity contribution in [2.24, 2.45) is 0 Å². The molecule has 0 spiro atoms. The molecule has 4 rings (SSSR count). The molecule has 4 aromatic rings. The molecule has 0 heterocycles. The maximum atomic E-state index is 13.4. The third-order valence-corrected chi connectivity index (χ3v) is 6.60. The summed E-state index contributed by atoms with van der Waals surface area (Å²) >= 11 is 0. The van der Waals surface area contributed by atoms with E-state index in [9.17, 15) is 14.4 Å². The minimum atomic E-state index is -0.849. The van der Waals surface area contributed by atoms with Gasteiger partial charge in [-0.1, -0.05) is 66.7 Å². The molecular weight excluding hydrogens is 478 g/mol. The maximum absolute atomic E-state index is 13.4. The Bertz CT molecular complexity index is 1470. The first-order valence-corrected chi connectivity index (χ1v) is 12.7. The second-order valence-electron chi connectivity index (χ2n) is 9.39. The first-order chi connectivity index (χ1) is 18.3. The minimum absolute atomic E-state index is 0.0357. The second-order valence-corrected chi connectivity index (χ2v) is 9.39. The first-order valence-electron chi connectivity index (χ1n) is 12.7. The standard InChI is InChI=1S/C32H31NO5/c1-21(28-14-6-9-24-8-3-4-13-29(24)28)32(37)33-30-18-23(16-17-25(30)10-7-15-31(35)36)20-38-27-12-5-11-26(19-27)22(2)34/h3-6,8-9,11-14,16-19,21H,7,10,15,20H2,1-2H3,(H,33,37)(H,35,36). The van der Waals surface area contributed by atoms with Gasteiger partial charge in [-0.25, -0.2) is 0 Å². The van der Waals surface area contributed by atoms with Crippen molar-refractivity contribution >= 4 is 34.1 Å². The molecule has 0 aliphatic rings. The highest BCUT2D eigenvalue weighted by atomic mass is 16.5. The van der Waals surface area contributed by atoms with Crippen molar-refractivity contribution in [2.75, 3.05) is 5.32 Å². The number of ketones is 1. The van der Waals surface area contributed by atoms with E-state index < -0.39 is 11.9 Å². The Labute approximate surface area is 222 Å². The maximum Gasteiger partial charge on any atom is 0.303 e. The van der Waals surface area contributed by atoms with E-state index in [1.54, 1.807) is 24.3 Å². The number of carbonyl (C=O) groups is 3. The summed E-state index contributed by atoms with van der Waals surface area (Å²) < 4.78 is 5.92. The monoisotopic (exact) mass is 509 g/mol. The molecule has 6 nitrogen and oxygen atoms in total. The molecule has 0 radical (unpaired) electrons. The van der Waals surface area contributed by atoms with Crippen LogP contribution in [0.25, 0.3) is 10.8 Å². The number of amides is 1. The minimum Gasteiger partial charge on any atom is -0.489 e. The summed E-state index contributed by atoms with van der Waals surface area (Å²) in [5, 5.41) is 14.3. The lowest BCUT2D eigenvalue weighted by Crippen LogP contribution is -2.20. The number of anilines is 1. The Morgan fingerprint density at radius 3 is 2.47 bits per heavy atom. The molecule has 0 saturated heterocycles. The number of ether oxygens (including phenoxy) is 1. The average molecular weight is 510 g/mol. The third-order valence-electron chi connectivity index (χ3n) is 6.60. The lowest BCUT2D eigenvalue weighted by Gasteiger charge is -2.18. The van der Waals surface area contributed by atoms with Gasteiger partial charge in [-0.05, 0) is 72.4 Å². The van der Waals surface area contributed by atoms with Crippen molar-refractivity contribution in [1.29, 1.82) is 0 Å². The van der Waals surface area contributed by atoms with E-state index in [0.29, 0.717) is 29.8 Å².